The number of anilines is 1. The van der Waals surface area contributed by atoms with E-state index in [1.54, 1.807) is 0 Å². The summed E-state index contributed by atoms with van der Waals surface area (Å²) in [5, 5.41) is 0. The van der Waals surface area contributed by atoms with Crippen LogP contribution in [-0.2, 0) is 6.42 Å². The first-order valence-corrected chi connectivity index (χ1v) is 7.31. The van der Waals surface area contributed by atoms with E-state index in [9.17, 15) is 0 Å². The van der Waals surface area contributed by atoms with E-state index < -0.39 is 0 Å². The average molecular weight is 246 g/mol. The Morgan fingerprint density at radius 1 is 1.28 bits per heavy atom. The van der Waals surface area contributed by atoms with Crippen LogP contribution in [0, 0.1) is 0 Å². The van der Waals surface area contributed by atoms with Crippen LogP contribution in [0.4, 0.5) is 5.69 Å². The maximum Gasteiger partial charge on any atom is 0.0346 e. The van der Waals surface area contributed by atoms with Gasteiger partial charge in [-0.05, 0) is 57.2 Å². The molecule has 2 N–H and O–H groups in total. The van der Waals surface area contributed by atoms with E-state index in [-0.39, 0.29) is 0 Å². The molecular formula is C16H26N2. The quantitative estimate of drug-likeness (QED) is 0.806. The van der Waals surface area contributed by atoms with E-state index in [1.807, 2.05) is 12.1 Å². The van der Waals surface area contributed by atoms with Crippen molar-refractivity contribution in [1.29, 1.82) is 0 Å². The van der Waals surface area contributed by atoms with Gasteiger partial charge in [-0.2, -0.15) is 0 Å². The first kappa shape index (κ1) is 13.4. The first-order valence-electron chi connectivity index (χ1n) is 7.31. The van der Waals surface area contributed by atoms with Crippen molar-refractivity contribution in [2.45, 2.75) is 58.0 Å². The molecule has 1 aromatic rings. The third-order valence-corrected chi connectivity index (χ3v) is 4.34. The summed E-state index contributed by atoms with van der Waals surface area (Å²) in [5.74, 6) is 0. The van der Waals surface area contributed by atoms with Crippen molar-refractivity contribution in [3.63, 3.8) is 0 Å². The molecule has 2 rings (SSSR count). The van der Waals surface area contributed by atoms with Crippen LogP contribution < -0.4 is 5.73 Å². The van der Waals surface area contributed by atoms with Gasteiger partial charge in [-0.15, -0.1) is 0 Å². The lowest BCUT2D eigenvalue weighted by molar-refractivity contribution is 0.196. The molecule has 0 aromatic heterocycles. The summed E-state index contributed by atoms with van der Waals surface area (Å²) in [6, 6.07) is 9.83. The Bertz CT molecular complexity index is 375. The highest BCUT2D eigenvalue weighted by molar-refractivity contribution is 5.46. The lowest BCUT2D eigenvalue weighted by atomic mass is 10.1. The summed E-state index contributed by atoms with van der Waals surface area (Å²) < 4.78 is 0. The fraction of sp³-hybridized carbons (Fsp3) is 0.625. The molecule has 2 heteroatoms. The van der Waals surface area contributed by atoms with Gasteiger partial charge in [0.05, 0.1) is 0 Å². The molecule has 0 saturated carbocycles. The molecule has 1 aliphatic heterocycles. The number of benzene rings is 1. The largest absolute Gasteiger partial charge is 0.399 e. The van der Waals surface area contributed by atoms with Crippen LogP contribution in [-0.4, -0.2) is 23.5 Å². The van der Waals surface area contributed by atoms with Crippen molar-refractivity contribution in [3.8, 4) is 0 Å². The molecule has 2 atom stereocenters. The number of likely N-dealkylation sites (tertiary alicyclic amines) is 1. The Labute approximate surface area is 111 Å². The van der Waals surface area contributed by atoms with Crippen molar-refractivity contribution in [2.75, 3.05) is 12.3 Å². The summed E-state index contributed by atoms with van der Waals surface area (Å²) in [6.07, 6.45) is 6.36. The molecule has 100 valence electrons. The summed E-state index contributed by atoms with van der Waals surface area (Å²) in [7, 11) is 0. The number of hydrogen-bond donors (Lipinski definition) is 1. The van der Waals surface area contributed by atoms with Gasteiger partial charge in [0.1, 0.15) is 0 Å². The highest BCUT2D eigenvalue weighted by Gasteiger charge is 2.28. The maximum atomic E-state index is 5.98. The van der Waals surface area contributed by atoms with Crippen LogP contribution in [0.15, 0.2) is 24.3 Å². The van der Waals surface area contributed by atoms with Crippen LogP contribution in [0.3, 0.4) is 0 Å². The Morgan fingerprint density at radius 3 is 2.78 bits per heavy atom. The van der Waals surface area contributed by atoms with Gasteiger partial charge in [0.2, 0.25) is 0 Å². The number of nitrogens with zero attached hydrogens (tertiary/aromatic N) is 1. The number of aryl methyl sites for hydroxylation is 1. The maximum absolute atomic E-state index is 5.98. The normalized spacial score (nSPS) is 24.6. The van der Waals surface area contributed by atoms with Crippen LogP contribution in [0.5, 0.6) is 0 Å². The number of nitrogen functional groups attached to an aromatic ring is 1. The van der Waals surface area contributed by atoms with Gasteiger partial charge in [-0.3, -0.25) is 4.90 Å². The third-order valence-electron chi connectivity index (χ3n) is 4.34. The van der Waals surface area contributed by atoms with Gasteiger partial charge in [0, 0.05) is 17.8 Å². The molecule has 2 nitrogen and oxygen atoms in total. The van der Waals surface area contributed by atoms with Crippen molar-refractivity contribution < 1.29 is 0 Å². The number of hydrogen-bond acceptors (Lipinski definition) is 2. The predicted octanol–water partition coefficient (Wildman–Crippen LogP) is 3.46. The van der Waals surface area contributed by atoms with Crippen LogP contribution in [0.1, 0.15) is 45.1 Å². The predicted molar refractivity (Wildman–Crippen MR) is 78.7 cm³/mol. The lowest BCUT2D eigenvalue weighted by Crippen LogP contribution is -2.35. The minimum atomic E-state index is 0.767. The van der Waals surface area contributed by atoms with Gasteiger partial charge in [-0.1, -0.05) is 25.1 Å². The second-order valence-electron chi connectivity index (χ2n) is 5.53. The Kier molecular flexibility index (Phi) is 4.65. The molecule has 1 heterocycles. The van der Waals surface area contributed by atoms with Gasteiger partial charge >= 0.3 is 0 Å². The van der Waals surface area contributed by atoms with Crippen LogP contribution in [0.25, 0.3) is 0 Å². The van der Waals surface area contributed by atoms with E-state index in [2.05, 4.69) is 30.9 Å². The molecule has 1 aromatic carbocycles. The van der Waals surface area contributed by atoms with Crippen molar-refractivity contribution >= 4 is 5.69 Å². The van der Waals surface area contributed by atoms with Crippen molar-refractivity contribution in [3.05, 3.63) is 29.8 Å². The third kappa shape index (κ3) is 3.05. The van der Waals surface area contributed by atoms with E-state index in [0.29, 0.717) is 0 Å². The smallest absolute Gasteiger partial charge is 0.0346 e. The van der Waals surface area contributed by atoms with Crippen LogP contribution in [0.2, 0.25) is 0 Å². The lowest BCUT2D eigenvalue weighted by Gasteiger charge is -2.27. The van der Waals surface area contributed by atoms with Crippen molar-refractivity contribution in [1.82, 2.24) is 4.90 Å². The molecule has 1 aliphatic rings. The van der Waals surface area contributed by atoms with E-state index >= 15 is 0 Å². The molecular weight excluding hydrogens is 220 g/mol. The summed E-state index contributed by atoms with van der Waals surface area (Å²) in [6.45, 7) is 5.89. The van der Waals surface area contributed by atoms with Gasteiger partial charge in [-0.25, -0.2) is 0 Å². The Balaban J connectivity index is 1.83. The number of rotatable bonds is 5. The molecule has 2 unspecified atom stereocenters. The zero-order chi connectivity index (χ0) is 13.0. The summed E-state index contributed by atoms with van der Waals surface area (Å²) in [4.78, 5) is 2.69. The van der Waals surface area contributed by atoms with Gasteiger partial charge < -0.3 is 5.73 Å². The highest BCUT2D eigenvalue weighted by atomic mass is 15.2. The number of para-hydroxylation sites is 1. The molecule has 1 saturated heterocycles. The average Bonchev–Trinajstić information content (AvgIpc) is 2.73. The molecule has 0 aliphatic carbocycles. The minimum Gasteiger partial charge on any atom is -0.399 e. The van der Waals surface area contributed by atoms with E-state index in [0.717, 1.165) is 24.2 Å². The monoisotopic (exact) mass is 246 g/mol. The van der Waals surface area contributed by atoms with Crippen molar-refractivity contribution in [2.24, 2.45) is 0 Å². The fourth-order valence-electron chi connectivity index (χ4n) is 3.18. The zero-order valence-corrected chi connectivity index (χ0v) is 11.7. The minimum absolute atomic E-state index is 0.767. The second-order valence-corrected chi connectivity index (χ2v) is 5.53. The van der Waals surface area contributed by atoms with Gasteiger partial charge in [0.25, 0.3) is 0 Å². The van der Waals surface area contributed by atoms with Gasteiger partial charge in [0.15, 0.2) is 0 Å². The second kappa shape index (κ2) is 6.24. The molecule has 1 fully saturated rings. The van der Waals surface area contributed by atoms with Crippen LogP contribution >= 0.6 is 0 Å². The van der Waals surface area contributed by atoms with E-state index in [1.165, 1.54) is 37.8 Å². The Morgan fingerprint density at radius 2 is 2.06 bits per heavy atom. The number of nitrogens with two attached hydrogens (primary N) is 1. The molecule has 18 heavy (non-hydrogen) atoms. The zero-order valence-electron chi connectivity index (χ0n) is 11.7. The molecule has 0 spiro atoms. The molecule has 0 amide bonds. The Hall–Kier alpha value is -1.02. The molecule has 0 bridgehead atoms. The summed E-state index contributed by atoms with van der Waals surface area (Å²) in [5.41, 5.74) is 8.23. The van der Waals surface area contributed by atoms with E-state index in [4.69, 9.17) is 5.73 Å². The topological polar surface area (TPSA) is 29.3 Å². The SMILES string of the molecule is CCC1CCC(C)N1CCCc1ccccc1N. The molecule has 0 radical (unpaired) electrons. The highest BCUT2D eigenvalue weighted by Crippen LogP contribution is 2.26. The fourth-order valence-corrected chi connectivity index (χ4v) is 3.18. The standard InChI is InChI=1S/C16H26N2/c1-3-15-11-10-13(2)18(15)12-6-8-14-7-4-5-9-16(14)17/h4-5,7,9,13,15H,3,6,8,10-12,17H2,1-2H3. The summed E-state index contributed by atoms with van der Waals surface area (Å²) >= 11 is 0. The first-order chi connectivity index (χ1) is 8.72.